The molecule has 8 nitrogen and oxygen atoms in total. The van der Waals surface area contributed by atoms with Crippen LogP contribution in [0.2, 0.25) is 0 Å². The Morgan fingerprint density at radius 3 is 2.61 bits per heavy atom. The van der Waals surface area contributed by atoms with Crippen LogP contribution in [-0.4, -0.2) is 39.5 Å². The van der Waals surface area contributed by atoms with Crippen LogP contribution in [0.1, 0.15) is 24.5 Å². The van der Waals surface area contributed by atoms with Crippen molar-refractivity contribution in [3.63, 3.8) is 0 Å². The molecule has 1 atom stereocenters. The molecule has 170 valence electrons. The van der Waals surface area contributed by atoms with Gasteiger partial charge in [0, 0.05) is 5.75 Å². The first-order valence-electron chi connectivity index (χ1n) is 10.1. The van der Waals surface area contributed by atoms with E-state index in [1.807, 2.05) is 6.07 Å². The quantitative estimate of drug-likeness (QED) is 0.286. The first kappa shape index (κ1) is 22.9. The van der Waals surface area contributed by atoms with Crippen molar-refractivity contribution < 1.29 is 18.8 Å². The number of hydrogen-bond donors (Lipinski definition) is 2. The number of aromatic nitrogens is 2. The predicted molar refractivity (Wildman–Crippen MR) is 123 cm³/mol. The van der Waals surface area contributed by atoms with Crippen LogP contribution >= 0.6 is 23.1 Å². The molecule has 2 N–H and O–H groups in total. The van der Waals surface area contributed by atoms with E-state index in [4.69, 9.17) is 0 Å². The number of urea groups is 1. The van der Waals surface area contributed by atoms with Crippen LogP contribution in [0.3, 0.4) is 0 Å². The van der Waals surface area contributed by atoms with E-state index >= 15 is 0 Å². The first-order chi connectivity index (χ1) is 15.9. The minimum Gasteiger partial charge on any atom is -0.319 e. The highest BCUT2D eigenvalue weighted by Gasteiger charge is 2.51. The number of carbonyl (C=O) groups is 3. The lowest BCUT2D eigenvalue weighted by Crippen LogP contribution is -2.44. The van der Waals surface area contributed by atoms with Gasteiger partial charge in [-0.25, -0.2) is 9.18 Å². The van der Waals surface area contributed by atoms with Gasteiger partial charge in [-0.3, -0.25) is 19.8 Å². The van der Waals surface area contributed by atoms with Crippen molar-refractivity contribution in [2.24, 2.45) is 0 Å². The summed E-state index contributed by atoms with van der Waals surface area (Å²) in [6.45, 7) is 1.35. The summed E-state index contributed by atoms with van der Waals surface area (Å²) < 4.78 is 14.3. The van der Waals surface area contributed by atoms with E-state index in [0.29, 0.717) is 27.6 Å². The summed E-state index contributed by atoms with van der Waals surface area (Å²) >= 11 is 2.42. The topological polar surface area (TPSA) is 104 Å². The molecule has 33 heavy (non-hydrogen) atoms. The van der Waals surface area contributed by atoms with Crippen molar-refractivity contribution in [2.75, 3.05) is 11.9 Å². The molecule has 1 fully saturated rings. The van der Waals surface area contributed by atoms with Gasteiger partial charge in [0.25, 0.3) is 5.91 Å². The van der Waals surface area contributed by atoms with Crippen LogP contribution < -0.4 is 10.6 Å². The fraction of sp³-hybridized carbons (Fsp3) is 0.227. The maximum atomic E-state index is 13.7. The molecule has 0 radical (unpaired) electrons. The monoisotopic (exact) mass is 485 g/mol. The Labute approximate surface area is 197 Å². The molecule has 0 bridgehead atoms. The third-order valence-electron chi connectivity index (χ3n) is 5.24. The van der Waals surface area contributed by atoms with Crippen molar-refractivity contribution in [1.82, 2.24) is 20.4 Å². The molecular weight excluding hydrogens is 465 g/mol. The average molecular weight is 486 g/mol. The number of imide groups is 1. The SMILES string of the molecule is CC[C@@]1(c2ccccc2)NC(=O)N(CC(=O)Nc2nnc(SCc3ccccc3F)s2)C1=O. The van der Waals surface area contributed by atoms with E-state index in [9.17, 15) is 18.8 Å². The lowest BCUT2D eigenvalue weighted by Gasteiger charge is -2.25. The number of anilines is 1. The maximum absolute atomic E-state index is 13.7. The molecule has 2 aromatic carbocycles. The van der Waals surface area contributed by atoms with E-state index in [1.54, 1.807) is 49.4 Å². The summed E-state index contributed by atoms with van der Waals surface area (Å²) in [4.78, 5) is 39.1. The molecule has 0 saturated carbocycles. The Morgan fingerprint density at radius 1 is 1.15 bits per heavy atom. The number of rotatable bonds is 8. The van der Waals surface area contributed by atoms with Gasteiger partial charge in [0.05, 0.1) is 0 Å². The second kappa shape index (κ2) is 9.67. The summed E-state index contributed by atoms with van der Waals surface area (Å²) in [6.07, 6.45) is 0.346. The van der Waals surface area contributed by atoms with Crippen LogP contribution in [-0.2, 0) is 20.9 Å². The van der Waals surface area contributed by atoms with Gasteiger partial charge < -0.3 is 5.32 Å². The molecule has 1 saturated heterocycles. The lowest BCUT2D eigenvalue weighted by atomic mass is 9.87. The molecule has 11 heteroatoms. The number of benzene rings is 2. The lowest BCUT2D eigenvalue weighted by molar-refractivity contribution is -0.134. The van der Waals surface area contributed by atoms with Gasteiger partial charge in [0.15, 0.2) is 4.34 Å². The fourth-order valence-corrected chi connectivity index (χ4v) is 5.26. The Kier molecular flexibility index (Phi) is 6.70. The molecule has 0 spiro atoms. The zero-order valence-corrected chi connectivity index (χ0v) is 19.2. The van der Waals surface area contributed by atoms with Crippen molar-refractivity contribution in [3.8, 4) is 0 Å². The highest BCUT2D eigenvalue weighted by atomic mass is 32.2. The zero-order valence-electron chi connectivity index (χ0n) is 17.6. The van der Waals surface area contributed by atoms with Gasteiger partial charge in [0.2, 0.25) is 11.0 Å². The second-order valence-corrected chi connectivity index (χ2v) is 9.45. The van der Waals surface area contributed by atoms with Gasteiger partial charge in [-0.2, -0.15) is 0 Å². The number of hydrogen-bond acceptors (Lipinski definition) is 7. The highest BCUT2D eigenvalue weighted by molar-refractivity contribution is 8.00. The summed E-state index contributed by atoms with van der Waals surface area (Å²) in [6, 6.07) is 14.8. The van der Waals surface area contributed by atoms with Gasteiger partial charge in [-0.15, -0.1) is 10.2 Å². The molecular formula is C22H20FN5O3S2. The number of nitrogens with zero attached hydrogens (tertiary/aromatic N) is 3. The van der Waals surface area contributed by atoms with Crippen LogP contribution in [0.4, 0.5) is 14.3 Å². The van der Waals surface area contributed by atoms with Gasteiger partial charge in [-0.05, 0) is 23.6 Å². The van der Waals surface area contributed by atoms with Crippen molar-refractivity contribution >= 4 is 46.1 Å². The Morgan fingerprint density at radius 2 is 1.88 bits per heavy atom. The zero-order chi connectivity index (χ0) is 23.4. The predicted octanol–water partition coefficient (Wildman–Crippen LogP) is 3.77. The van der Waals surface area contributed by atoms with Gasteiger partial charge in [-0.1, -0.05) is 78.6 Å². The van der Waals surface area contributed by atoms with Crippen molar-refractivity contribution in [1.29, 1.82) is 0 Å². The van der Waals surface area contributed by atoms with E-state index in [2.05, 4.69) is 20.8 Å². The van der Waals surface area contributed by atoms with Crippen LogP contribution in [0.15, 0.2) is 58.9 Å². The summed E-state index contributed by atoms with van der Waals surface area (Å²) in [5.74, 6) is -0.971. The van der Waals surface area contributed by atoms with Crippen molar-refractivity contribution in [3.05, 3.63) is 71.5 Å². The molecule has 1 aliphatic heterocycles. The normalized spacial score (nSPS) is 17.8. The van der Waals surface area contributed by atoms with Crippen LogP contribution in [0, 0.1) is 5.82 Å². The fourth-order valence-electron chi connectivity index (χ4n) is 3.51. The molecule has 0 unspecified atom stereocenters. The van der Waals surface area contributed by atoms with E-state index < -0.39 is 29.9 Å². The standard InChI is InChI=1S/C22H20FN5O3S2/c1-2-22(15-9-4-3-5-10-15)18(30)28(20(31)25-22)12-17(29)24-19-26-27-21(33-19)32-13-14-8-6-7-11-16(14)23/h3-11H,2,12-13H2,1H3,(H,25,31)(H,24,26,29)/t22-/m0/s1. The Balaban J connectivity index is 1.38. The largest absolute Gasteiger partial charge is 0.325 e. The summed E-state index contributed by atoms with van der Waals surface area (Å²) in [5.41, 5.74) is 0.00630. The number of thioether (sulfide) groups is 1. The first-order valence-corrected chi connectivity index (χ1v) is 11.9. The summed E-state index contributed by atoms with van der Waals surface area (Å²) in [7, 11) is 0. The van der Waals surface area contributed by atoms with Crippen LogP contribution in [0.5, 0.6) is 0 Å². The Bertz CT molecular complexity index is 1190. The second-order valence-electron chi connectivity index (χ2n) is 7.25. The molecule has 4 rings (SSSR count). The smallest absolute Gasteiger partial charge is 0.319 e. The third kappa shape index (κ3) is 4.74. The number of amides is 4. The Hall–Kier alpha value is -3.31. The molecule has 1 aliphatic rings. The van der Waals surface area contributed by atoms with E-state index in [-0.39, 0.29) is 10.9 Å². The van der Waals surface area contributed by atoms with Crippen molar-refractivity contribution in [2.45, 2.75) is 29.0 Å². The minimum atomic E-state index is -1.20. The highest BCUT2D eigenvalue weighted by Crippen LogP contribution is 2.32. The molecule has 4 amide bonds. The van der Waals surface area contributed by atoms with E-state index in [1.165, 1.54) is 17.8 Å². The van der Waals surface area contributed by atoms with Gasteiger partial charge in [0.1, 0.15) is 17.9 Å². The minimum absolute atomic E-state index is 0.230. The average Bonchev–Trinajstić information content (AvgIpc) is 3.36. The number of halogens is 1. The molecule has 0 aliphatic carbocycles. The number of nitrogens with one attached hydrogen (secondary N) is 2. The summed E-state index contributed by atoms with van der Waals surface area (Å²) in [5, 5.41) is 13.4. The van der Waals surface area contributed by atoms with Crippen LogP contribution in [0.25, 0.3) is 0 Å². The molecule has 1 aromatic heterocycles. The maximum Gasteiger partial charge on any atom is 0.325 e. The third-order valence-corrected chi connectivity index (χ3v) is 7.26. The molecule has 2 heterocycles. The number of carbonyl (C=O) groups excluding carboxylic acids is 3. The van der Waals surface area contributed by atoms with E-state index in [0.717, 1.165) is 16.2 Å². The molecule has 3 aromatic rings. The van der Waals surface area contributed by atoms with Gasteiger partial charge >= 0.3 is 6.03 Å².